The first-order valence-corrected chi connectivity index (χ1v) is 19.0. The number of nitrogens with zero attached hydrogens (tertiary/aromatic N) is 1. The van der Waals surface area contributed by atoms with Crippen molar-refractivity contribution < 1.29 is 33.6 Å². The zero-order valence-electron chi connectivity index (χ0n) is 30.6. The van der Waals surface area contributed by atoms with Gasteiger partial charge in [-0.25, -0.2) is 0 Å². The van der Waals surface area contributed by atoms with Crippen molar-refractivity contribution in [3.05, 3.63) is 119 Å². The number of nitrogens with two attached hydrogens (primary N) is 1. The lowest BCUT2D eigenvalue weighted by atomic mass is 9.97. The number of nitrogens with one attached hydrogen (secondary N) is 2. The van der Waals surface area contributed by atoms with Gasteiger partial charge in [0, 0.05) is 63.8 Å². The van der Waals surface area contributed by atoms with Gasteiger partial charge in [-0.1, -0.05) is 84.9 Å². The van der Waals surface area contributed by atoms with E-state index in [1.54, 1.807) is 12.1 Å². The molecule has 7 rings (SSSR count). The number of aliphatic hydroxyl groups excluding tert-OH is 1. The Balaban J connectivity index is 0.967. The van der Waals surface area contributed by atoms with Crippen LogP contribution in [0.2, 0.25) is 0 Å². The summed E-state index contributed by atoms with van der Waals surface area (Å²) in [6.45, 7) is 4.25. The minimum Gasteiger partial charge on any atom is -0.397 e. The van der Waals surface area contributed by atoms with Crippen LogP contribution in [0.5, 0.6) is 0 Å². The first kappa shape index (κ1) is 37.7. The van der Waals surface area contributed by atoms with Crippen LogP contribution in [0.4, 0.5) is 11.4 Å². The highest BCUT2D eigenvalue weighted by Gasteiger charge is 2.41. The number of hydrogen-bond acceptors (Lipinski definition) is 9. The van der Waals surface area contributed by atoms with E-state index in [2.05, 4.69) is 45.9 Å². The molecule has 3 saturated heterocycles. The molecule has 11 heteroatoms. The van der Waals surface area contributed by atoms with Gasteiger partial charge >= 0.3 is 0 Å². The fraction of sp³-hybridized carbons (Fsp3) is 0.395. The average Bonchev–Trinajstić information content (AvgIpc) is 3.67. The number of ether oxygens (including phenoxy) is 4. The summed E-state index contributed by atoms with van der Waals surface area (Å²) in [4.78, 5) is 27.5. The fourth-order valence-corrected chi connectivity index (χ4v) is 7.47. The summed E-state index contributed by atoms with van der Waals surface area (Å²) in [5.74, 6) is -0.707. The average molecular weight is 735 g/mol. The van der Waals surface area contributed by atoms with Crippen molar-refractivity contribution in [2.24, 2.45) is 0 Å². The van der Waals surface area contributed by atoms with Gasteiger partial charge in [-0.15, -0.1) is 0 Å². The third-order valence-electron chi connectivity index (χ3n) is 10.5. The Labute approximate surface area is 316 Å². The zero-order chi connectivity index (χ0) is 37.3. The van der Waals surface area contributed by atoms with Gasteiger partial charge in [-0.2, -0.15) is 0 Å². The maximum absolute atomic E-state index is 12.7. The highest BCUT2D eigenvalue weighted by Crippen LogP contribution is 2.40. The van der Waals surface area contributed by atoms with Crippen LogP contribution in [0.15, 0.2) is 97.1 Å². The smallest absolute Gasteiger partial charge is 0.224 e. The summed E-state index contributed by atoms with van der Waals surface area (Å²) < 4.78 is 25.2. The molecule has 0 unspecified atom stereocenters. The van der Waals surface area contributed by atoms with Gasteiger partial charge < -0.3 is 45.3 Å². The maximum Gasteiger partial charge on any atom is 0.224 e. The molecular weight excluding hydrogens is 684 g/mol. The van der Waals surface area contributed by atoms with Crippen molar-refractivity contribution in [1.82, 2.24) is 10.2 Å². The number of aliphatic hydroxyl groups is 1. The number of amides is 2. The van der Waals surface area contributed by atoms with Crippen molar-refractivity contribution in [3.8, 4) is 11.1 Å². The van der Waals surface area contributed by atoms with Gasteiger partial charge in [0.1, 0.15) is 0 Å². The Morgan fingerprint density at radius 2 is 1.50 bits per heavy atom. The van der Waals surface area contributed by atoms with Gasteiger partial charge in [-0.3, -0.25) is 9.59 Å². The number of carbonyl (C=O) groups excluding carboxylic acids is 2. The van der Waals surface area contributed by atoms with Crippen molar-refractivity contribution in [3.63, 3.8) is 0 Å². The molecule has 0 aromatic heterocycles. The molecule has 0 saturated carbocycles. The molecule has 0 radical (unpaired) electrons. The van der Waals surface area contributed by atoms with E-state index >= 15 is 0 Å². The molecule has 3 aliphatic heterocycles. The molecule has 0 aliphatic carbocycles. The Morgan fingerprint density at radius 1 is 0.815 bits per heavy atom. The van der Waals surface area contributed by atoms with Crippen LogP contribution in [0.3, 0.4) is 0 Å². The lowest BCUT2D eigenvalue weighted by molar-refractivity contribution is -0.255. The Kier molecular flexibility index (Phi) is 12.3. The van der Waals surface area contributed by atoms with Crippen LogP contribution in [0.25, 0.3) is 11.1 Å². The van der Waals surface area contributed by atoms with Gasteiger partial charge in [0.25, 0.3) is 0 Å². The molecule has 3 aliphatic rings. The standard InChI is InChI=1S/C43H50N4O7/c44-37-8-3-4-9-38(37)46-41(50)11-5-10-40(49)45-27-34-6-1-2-7-36(34)31-16-18-33(19-17-31)42-53-35(26-39(54-42)32-14-12-30(29-48)13-15-32)28-47-22-20-43(21-23-47)51-24-25-52-43/h1-4,6-9,12-19,35,39,42,48H,5,10-11,20-29,44H2,(H,45,49)(H,46,50)/t35-,39+,42+/m1/s1. The number of nitrogen functional groups attached to an aromatic ring is 1. The minimum absolute atomic E-state index is 0.00189. The van der Waals surface area contributed by atoms with Crippen LogP contribution in [0, 0.1) is 0 Å². The summed E-state index contributed by atoms with van der Waals surface area (Å²) >= 11 is 0. The molecule has 5 N–H and O–H groups in total. The molecule has 4 aromatic carbocycles. The van der Waals surface area contributed by atoms with E-state index in [0.29, 0.717) is 37.6 Å². The molecule has 54 heavy (non-hydrogen) atoms. The third-order valence-corrected chi connectivity index (χ3v) is 10.5. The van der Waals surface area contributed by atoms with Crippen LogP contribution in [-0.2, 0) is 41.7 Å². The second kappa shape index (κ2) is 17.7. The van der Waals surface area contributed by atoms with Crippen LogP contribution < -0.4 is 16.4 Å². The predicted molar refractivity (Wildman–Crippen MR) is 206 cm³/mol. The summed E-state index contributed by atoms with van der Waals surface area (Å²) in [5.41, 5.74) is 12.9. The fourth-order valence-electron chi connectivity index (χ4n) is 7.47. The Bertz CT molecular complexity index is 1850. The van der Waals surface area contributed by atoms with E-state index in [4.69, 9.17) is 24.7 Å². The van der Waals surface area contributed by atoms with Crippen LogP contribution in [0.1, 0.15) is 73.2 Å². The zero-order valence-corrected chi connectivity index (χ0v) is 30.6. The number of para-hydroxylation sites is 2. The number of benzene rings is 4. The van der Waals surface area contributed by atoms with E-state index in [0.717, 1.165) is 72.3 Å². The van der Waals surface area contributed by atoms with Crippen molar-refractivity contribution in [2.75, 3.05) is 43.9 Å². The Morgan fingerprint density at radius 3 is 2.24 bits per heavy atom. The number of rotatable bonds is 13. The predicted octanol–water partition coefficient (Wildman–Crippen LogP) is 6.24. The van der Waals surface area contributed by atoms with E-state index in [1.165, 1.54) is 0 Å². The highest BCUT2D eigenvalue weighted by molar-refractivity contribution is 5.94. The van der Waals surface area contributed by atoms with E-state index in [1.807, 2.05) is 54.6 Å². The summed E-state index contributed by atoms with van der Waals surface area (Å²) in [6, 6.07) is 31.3. The molecular formula is C43H50N4O7. The lowest BCUT2D eigenvalue weighted by Crippen LogP contribution is -2.48. The van der Waals surface area contributed by atoms with Crippen LogP contribution >= 0.6 is 0 Å². The van der Waals surface area contributed by atoms with E-state index in [-0.39, 0.29) is 43.5 Å². The Hall–Kier alpha value is -4.62. The first-order valence-electron chi connectivity index (χ1n) is 19.0. The SMILES string of the molecule is Nc1ccccc1NC(=O)CCCC(=O)NCc1ccccc1-c1ccc([C@H]2O[C@@H](CN3CCC4(CC3)OCCO4)C[C@@H](c3ccc(CO)cc3)O2)cc1. The number of anilines is 2. The molecule has 284 valence electrons. The lowest BCUT2D eigenvalue weighted by Gasteiger charge is -2.41. The second-order valence-corrected chi connectivity index (χ2v) is 14.3. The summed E-state index contributed by atoms with van der Waals surface area (Å²) in [5, 5.41) is 15.4. The molecule has 2 amide bonds. The van der Waals surface area contributed by atoms with Gasteiger partial charge in [-0.05, 0) is 46.4 Å². The maximum atomic E-state index is 12.7. The molecule has 1 spiro atoms. The number of carbonyl (C=O) groups is 2. The molecule has 3 fully saturated rings. The molecule has 3 atom stereocenters. The largest absolute Gasteiger partial charge is 0.397 e. The van der Waals surface area contributed by atoms with E-state index in [9.17, 15) is 14.7 Å². The number of piperidine rings is 1. The van der Waals surface area contributed by atoms with E-state index < -0.39 is 12.1 Å². The normalized spacial score (nSPS) is 21.2. The molecule has 11 nitrogen and oxygen atoms in total. The van der Waals surface area contributed by atoms with Crippen molar-refractivity contribution in [1.29, 1.82) is 0 Å². The van der Waals surface area contributed by atoms with Crippen LogP contribution in [-0.4, -0.2) is 66.6 Å². The molecule has 3 heterocycles. The van der Waals surface area contributed by atoms with Crippen molar-refractivity contribution >= 4 is 23.2 Å². The van der Waals surface area contributed by atoms with Gasteiger partial charge in [0.05, 0.1) is 43.4 Å². The first-order chi connectivity index (χ1) is 26.4. The molecule has 0 bridgehead atoms. The minimum atomic E-state index is -0.556. The third kappa shape index (κ3) is 9.54. The summed E-state index contributed by atoms with van der Waals surface area (Å²) in [6.07, 6.45) is 2.54. The second-order valence-electron chi connectivity index (χ2n) is 14.3. The monoisotopic (exact) mass is 734 g/mol. The quantitative estimate of drug-likeness (QED) is 0.117. The summed E-state index contributed by atoms with van der Waals surface area (Å²) in [7, 11) is 0. The molecule has 4 aromatic rings. The topological polar surface area (TPSA) is 145 Å². The van der Waals surface area contributed by atoms with Gasteiger partial charge in [0.15, 0.2) is 12.1 Å². The number of hydrogen-bond donors (Lipinski definition) is 4. The van der Waals surface area contributed by atoms with Gasteiger partial charge in [0.2, 0.25) is 11.8 Å². The highest BCUT2D eigenvalue weighted by atomic mass is 16.7. The van der Waals surface area contributed by atoms with Crippen molar-refractivity contribution in [2.45, 2.75) is 76.0 Å². The number of likely N-dealkylation sites (tertiary alicyclic amines) is 1.